The number of rotatable bonds is 6. The molecule has 0 fully saturated rings. The van der Waals surface area contributed by atoms with E-state index < -0.39 is 17.3 Å². The highest BCUT2D eigenvalue weighted by atomic mass is 35.5. The number of carbonyl (C=O) groups is 2. The van der Waals surface area contributed by atoms with Gasteiger partial charge in [0.05, 0.1) is 24.6 Å². The minimum absolute atomic E-state index is 0.164. The molecule has 0 saturated carbocycles. The van der Waals surface area contributed by atoms with E-state index in [2.05, 4.69) is 10.4 Å². The molecule has 1 N–H and O–H groups in total. The second-order valence-corrected chi connectivity index (χ2v) is 8.54. The molecule has 8 nitrogen and oxygen atoms in total. The van der Waals surface area contributed by atoms with Crippen LogP contribution in [0.15, 0.2) is 52.6 Å². The number of halogens is 1. The third-order valence-corrected chi connectivity index (χ3v) is 6.26. The van der Waals surface area contributed by atoms with Crippen LogP contribution in [0.3, 0.4) is 0 Å². The minimum atomic E-state index is -0.740. The molecule has 0 aliphatic heterocycles. The lowest BCUT2D eigenvalue weighted by Crippen LogP contribution is -2.26. The van der Waals surface area contributed by atoms with Gasteiger partial charge < -0.3 is 14.8 Å². The first-order chi connectivity index (χ1) is 16.3. The van der Waals surface area contributed by atoms with Crippen LogP contribution >= 0.6 is 22.9 Å². The number of aromatic nitrogens is 2. The first-order valence-electron chi connectivity index (χ1n) is 10.2. The highest BCUT2D eigenvalue weighted by Crippen LogP contribution is 2.37. The molecule has 0 radical (unpaired) electrons. The average Bonchev–Trinajstić information content (AvgIpc) is 3.25. The number of amides is 1. The van der Waals surface area contributed by atoms with Crippen molar-refractivity contribution in [3.8, 4) is 16.9 Å². The van der Waals surface area contributed by atoms with E-state index in [4.69, 9.17) is 21.1 Å². The van der Waals surface area contributed by atoms with Crippen LogP contribution in [0.25, 0.3) is 22.0 Å². The Morgan fingerprint density at radius 3 is 2.59 bits per heavy atom. The molecule has 0 aliphatic carbocycles. The van der Waals surface area contributed by atoms with Crippen LogP contribution < -0.4 is 15.5 Å². The predicted octanol–water partition coefficient (Wildman–Crippen LogP) is 4.75. The zero-order valence-electron chi connectivity index (χ0n) is 18.5. The molecule has 10 heteroatoms. The van der Waals surface area contributed by atoms with Gasteiger partial charge in [-0.25, -0.2) is 4.79 Å². The molecule has 4 aromatic rings. The van der Waals surface area contributed by atoms with E-state index in [1.807, 2.05) is 0 Å². The minimum Gasteiger partial charge on any atom is -0.497 e. The first kappa shape index (κ1) is 23.5. The van der Waals surface area contributed by atoms with E-state index in [0.717, 1.165) is 16.9 Å². The molecule has 0 saturated heterocycles. The molecule has 0 aliphatic rings. The maximum absolute atomic E-state index is 13.1. The number of thiophene rings is 1. The number of methoxy groups -OCH3 is 1. The Labute approximate surface area is 203 Å². The predicted molar refractivity (Wildman–Crippen MR) is 132 cm³/mol. The number of ether oxygens (including phenoxy) is 2. The monoisotopic (exact) mass is 497 g/mol. The van der Waals surface area contributed by atoms with Gasteiger partial charge in [-0.3, -0.25) is 14.3 Å². The number of carbonyl (C=O) groups excluding carboxylic acids is 2. The van der Waals surface area contributed by atoms with E-state index in [-0.39, 0.29) is 28.3 Å². The molecule has 1 amide bonds. The molecule has 0 unspecified atom stereocenters. The van der Waals surface area contributed by atoms with Crippen molar-refractivity contribution in [1.82, 2.24) is 9.78 Å². The number of aryl methyl sites for hydroxylation is 1. The van der Waals surface area contributed by atoms with Crippen LogP contribution in [0, 0.1) is 0 Å². The third-order valence-electron chi connectivity index (χ3n) is 5.13. The molecule has 2 heterocycles. The summed E-state index contributed by atoms with van der Waals surface area (Å²) in [6.45, 7) is 1.86. The van der Waals surface area contributed by atoms with Crippen LogP contribution in [0.4, 0.5) is 5.00 Å². The lowest BCUT2D eigenvalue weighted by molar-refractivity contribution is 0.0529. The van der Waals surface area contributed by atoms with Gasteiger partial charge in [-0.1, -0.05) is 23.7 Å². The number of hydrogen-bond acceptors (Lipinski definition) is 7. The van der Waals surface area contributed by atoms with Crippen molar-refractivity contribution in [2.24, 2.45) is 7.05 Å². The lowest BCUT2D eigenvalue weighted by Gasteiger charge is -2.10. The zero-order valence-corrected chi connectivity index (χ0v) is 20.1. The van der Waals surface area contributed by atoms with Gasteiger partial charge in [-0.2, -0.15) is 5.10 Å². The first-order valence-corrected chi connectivity index (χ1v) is 11.5. The van der Waals surface area contributed by atoms with Crippen LogP contribution in [-0.4, -0.2) is 35.4 Å². The Hall–Kier alpha value is -3.69. The van der Waals surface area contributed by atoms with E-state index in [9.17, 15) is 14.4 Å². The van der Waals surface area contributed by atoms with Crippen molar-refractivity contribution < 1.29 is 19.1 Å². The van der Waals surface area contributed by atoms with Gasteiger partial charge in [0, 0.05) is 23.0 Å². The van der Waals surface area contributed by atoms with Gasteiger partial charge >= 0.3 is 5.97 Å². The van der Waals surface area contributed by atoms with Crippen molar-refractivity contribution in [1.29, 1.82) is 0 Å². The molecule has 4 rings (SSSR count). The Morgan fingerprint density at radius 1 is 1.18 bits per heavy atom. The fourth-order valence-corrected chi connectivity index (χ4v) is 4.62. The normalized spacial score (nSPS) is 10.8. The Morgan fingerprint density at radius 2 is 1.91 bits per heavy atom. The van der Waals surface area contributed by atoms with Gasteiger partial charge in [0.15, 0.2) is 5.69 Å². The average molecular weight is 498 g/mol. The Balaban J connectivity index is 1.76. The molecule has 0 atom stereocenters. The maximum Gasteiger partial charge on any atom is 0.341 e. The summed E-state index contributed by atoms with van der Waals surface area (Å²) in [5.74, 6) is -0.657. The molecule has 2 aromatic heterocycles. The van der Waals surface area contributed by atoms with Crippen molar-refractivity contribution in [3.63, 3.8) is 0 Å². The highest BCUT2D eigenvalue weighted by Gasteiger charge is 2.25. The third kappa shape index (κ3) is 4.40. The number of nitrogens with one attached hydrogen (secondary N) is 1. The van der Waals surface area contributed by atoms with Gasteiger partial charge in [0.1, 0.15) is 16.3 Å². The van der Waals surface area contributed by atoms with Crippen LogP contribution in [0.5, 0.6) is 5.75 Å². The SMILES string of the molecule is CCOC(=O)c1c(-c2ccc(OC)cc2)csc1NC(=O)c1nn(C)c2ccc(Cl)cc2c1=O. The molecular formula is C24H20ClN3O5S. The second kappa shape index (κ2) is 9.66. The number of nitrogens with zero attached hydrogens (tertiary/aromatic N) is 2. The molecule has 0 spiro atoms. The van der Waals surface area contributed by atoms with E-state index >= 15 is 0 Å². The number of esters is 1. The van der Waals surface area contributed by atoms with Gasteiger partial charge in [-0.15, -0.1) is 11.3 Å². The molecule has 0 bridgehead atoms. The largest absolute Gasteiger partial charge is 0.497 e. The summed E-state index contributed by atoms with van der Waals surface area (Å²) in [4.78, 5) is 38.9. The van der Waals surface area contributed by atoms with Crippen LogP contribution in [0.1, 0.15) is 27.8 Å². The van der Waals surface area contributed by atoms with Crippen molar-refractivity contribution >= 4 is 50.7 Å². The van der Waals surface area contributed by atoms with E-state index in [0.29, 0.717) is 21.9 Å². The summed E-state index contributed by atoms with van der Waals surface area (Å²) in [5.41, 5.74) is 1.20. The summed E-state index contributed by atoms with van der Waals surface area (Å²) in [5, 5.41) is 9.45. The standard InChI is InChI=1S/C24H20ClN3O5S/c1-4-33-24(31)19-17(13-5-8-15(32-3)9-6-13)12-34-23(19)26-22(30)20-21(29)16-11-14(25)7-10-18(16)28(2)27-20/h5-12H,4H2,1-3H3,(H,26,30). The van der Waals surface area contributed by atoms with E-state index in [1.165, 1.54) is 10.7 Å². The quantitative estimate of drug-likeness (QED) is 0.386. The van der Waals surface area contributed by atoms with Gasteiger partial charge in [0.2, 0.25) is 5.43 Å². The fourth-order valence-electron chi connectivity index (χ4n) is 3.50. The summed E-state index contributed by atoms with van der Waals surface area (Å²) in [6, 6.07) is 12.0. The molecular weight excluding hydrogens is 478 g/mol. The topological polar surface area (TPSA) is 99.5 Å². The Kier molecular flexibility index (Phi) is 6.67. The maximum atomic E-state index is 13.1. The zero-order chi connectivity index (χ0) is 24.4. The second-order valence-electron chi connectivity index (χ2n) is 7.22. The van der Waals surface area contributed by atoms with Gasteiger partial charge in [0.25, 0.3) is 5.91 Å². The van der Waals surface area contributed by atoms with Crippen LogP contribution in [0.2, 0.25) is 5.02 Å². The molecule has 34 heavy (non-hydrogen) atoms. The summed E-state index contributed by atoms with van der Waals surface area (Å²) in [7, 11) is 3.19. The van der Waals surface area contributed by atoms with Crippen molar-refractivity contribution in [2.45, 2.75) is 6.92 Å². The number of fused-ring (bicyclic) bond motifs is 1. The molecule has 2 aromatic carbocycles. The molecule has 174 valence electrons. The summed E-state index contributed by atoms with van der Waals surface area (Å²) < 4.78 is 11.9. The smallest absolute Gasteiger partial charge is 0.341 e. The van der Waals surface area contributed by atoms with Crippen LogP contribution in [-0.2, 0) is 11.8 Å². The highest BCUT2D eigenvalue weighted by molar-refractivity contribution is 7.15. The lowest BCUT2D eigenvalue weighted by atomic mass is 10.0. The Bertz CT molecular complexity index is 1460. The van der Waals surface area contributed by atoms with Crippen molar-refractivity contribution in [2.75, 3.05) is 19.0 Å². The number of hydrogen-bond donors (Lipinski definition) is 1. The van der Waals surface area contributed by atoms with Gasteiger partial charge in [-0.05, 0) is 42.8 Å². The summed E-state index contributed by atoms with van der Waals surface area (Å²) >= 11 is 7.20. The van der Waals surface area contributed by atoms with Crippen molar-refractivity contribution in [3.05, 3.63) is 74.3 Å². The number of anilines is 1. The fraction of sp³-hybridized carbons (Fsp3) is 0.167. The number of benzene rings is 2. The van der Waals surface area contributed by atoms with E-state index in [1.54, 1.807) is 62.9 Å². The summed E-state index contributed by atoms with van der Waals surface area (Å²) in [6.07, 6.45) is 0.